The Morgan fingerprint density at radius 2 is 1.95 bits per heavy atom. The SMILES string of the molecule is Nc1cccc(C(O)Cc2c(F)ccc(Br)c2F)c1. The molecule has 0 aliphatic rings. The Morgan fingerprint density at radius 3 is 2.63 bits per heavy atom. The van der Waals surface area contributed by atoms with Gasteiger partial charge in [-0.05, 0) is 45.8 Å². The molecule has 1 unspecified atom stereocenters. The highest BCUT2D eigenvalue weighted by atomic mass is 79.9. The topological polar surface area (TPSA) is 46.2 Å². The van der Waals surface area contributed by atoms with Gasteiger partial charge in [-0.25, -0.2) is 8.78 Å². The number of anilines is 1. The van der Waals surface area contributed by atoms with Crippen molar-refractivity contribution in [3.05, 3.63) is 63.6 Å². The molecule has 3 N–H and O–H groups in total. The van der Waals surface area contributed by atoms with E-state index in [1.165, 1.54) is 6.07 Å². The number of nitrogens with two attached hydrogens (primary N) is 1. The molecule has 5 heteroatoms. The van der Waals surface area contributed by atoms with Gasteiger partial charge in [-0.3, -0.25) is 0 Å². The summed E-state index contributed by atoms with van der Waals surface area (Å²) in [4.78, 5) is 0. The van der Waals surface area contributed by atoms with E-state index in [2.05, 4.69) is 15.9 Å². The minimum Gasteiger partial charge on any atom is -0.399 e. The van der Waals surface area contributed by atoms with Crippen LogP contribution in [0.2, 0.25) is 0 Å². The summed E-state index contributed by atoms with van der Waals surface area (Å²) in [6.07, 6.45) is -1.16. The predicted molar refractivity (Wildman–Crippen MR) is 73.6 cm³/mol. The van der Waals surface area contributed by atoms with Crippen molar-refractivity contribution >= 4 is 21.6 Å². The molecule has 0 fully saturated rings. The van der Waals surface area contributed by atoms with Crippen molar-refractivity contribution in [1.82, 2.24) is 0 Å². The van der Waals surface area contributed by atoms with E-state index in [0.717, 1.165) is 6.07 Å². The average Bonchev–Trinajstić information content (AvgIpc) is 2.39. The molecule has 1 atom stereocenters. The molecule has 0 aliphatic carbocycles. The zero-order chi connectivity index (χ0) is 14.0. The van der Waals surface area contributed by atoms with Crippen LogP contribution in [0.15, 0.2) is 40.9 Å². The Morgan fingerprint density at radius 1 is 1.21 bits per heavy atom. The molecule has 0 radical (unpaired) electrons. The summed E-state index contributed by atoms with van der Waals surface area (Å²) >= 11 is 2.99. The monoisotopic (exact) mass is 327 g/mol. The van der Waals surface area contributed by atoms with Crippen molar-refractivity contribution < 1.29 is 13.9 Å². The minimum atomic E-state index is -1.01. The number of hydrogen-bond donors (Lipinski definition) is 2. The normalized spacial score (nSPS) is 12.4. The van der Waals surface area contributed by atoms with Gasteiger partial charge in [0, 0.05) is 17.7 Å². The summed E-state index contributed by atoms with van der Waals surface area (Å²) in [5.41, 5.74) is 6.48. The third-order valence-corrected chi connectivity index (χ3v) is 3.44. The lowest BCUT2D eigenvalue weighted by molar-refractivity contribution is 0.175. The molecule has 2 nitrogen and oxygen atoms in total. The second kappa shape index (κ2) is 5.67. The van der Waals surface area contributed by atoms with Crippen LogP contribution in [-0.4, -0.2) is 5.11 Å². The van der Waals surface area contributed by atoms with Crippen molar-refractivity contribution in [2.75, 3.05) is 5.73 Å². The summed E-state index contributed by atoms with van der Waals surface area (Å²) in [5, 5.41) is 10.0. The molecule has 2 aromatic rings. The third-order valence-electron chi connectivity index (χ3n) is 2.83. The highest BCUT2D eigenvalue weighted by Gasteiger charge is 2.17. The van der Waals surface area contributed by atoms with Crippen LogP contribution in [0.4, 0.5) is 14.5 Å². The summed E-state index contributed by atoms with van der Waals surface area (Å²) in [7, 11) is 0. The Balaban J connectivity index is 2.29. The Hall–Kier alpha value is -1.46. The highest BCUT2D eigenvalue weighted by Crippen LogP contribution is 2.27. The van der Waals surface area contributed by atoms with Crippen molar-refractivity contribution in [2.24, 2.45) is 0 Å². The molecule has 2 aromatic carbocycles. The number of aliphatic hydroxyl groups excluding tert-OH is 1. The molecular formula is C14H12BrF2NO. The van der Waals surface area contributed by atoms with Crippen LogP contribution in [0.3, 0.4) is 0 Å². The number of nitrogen functional groups attached to an aromatic ring is 1. The van der Waals surface area contributed by atoms with E-state index in [9.17, 15) is 13.9 Å². The van der Waals surface area contributed by atoms with Crippen LogP contribution in [-0.2, 0) is 6.42 Å². The van der Waals surface area contributed by atoms with E-state index in [0.29, 0.717) is 11.3 Å². The third kappa shape index (κ3) is 3.11. The number of halogens is 3. The second-order valence-corrected chi connectivity index (χ2v) is 5.07. The van der Waals surface area contributed by atoms with E-state index < -0.39 is 17.7 Å². The molecule has 0 bridgehead atoms. The van der Waals surface area contributed by atoms with Crippen molar-refractivity contribution in [3.63, 3.8) is 0 Å². The van der Waals surface area contributed by atoms with Crippen molar-refractivity contribution in [2.45, 2.75) is 12.5 Å². The highest BCUT2D eigenvalue weighted by molar-refractivity contribution is 9.10. The van der Waals surface area contributed by atoms with E-state index >= 15 is 0 Å². The molecule has 0 heterocycles. The van der Waals surface area contributed by atoms with Crippen molar-refractivity contribution in [1.29, 1.82) is 0 Å². The first-order valence-electron chi connectivity index (χ1n) is 5.65. The van der Waals surface area contributed by atoms with Crippen molar-refractivity contribution in [3.8, 4) is 0 Å². The van der Waals surface area contributed by atoms with Crippen LogP contribution in [0.25, 0.3) is 0 Å². The Bertz CT molecular complexity index is 604. The van der Waals surface area contributed by atoms with Gasteiger partial charge in [-0.15, -0.1) is 0 Å². The molecule has 0 saturated heterocycles. The van der Waals surface area contributed by atoms with E-state index in [4.69, 9.17) is 5.73 Å². The smallest absolute Gasteiger partial charge is 0.143 e. The summed E-state index contributed by atoms with van der Waals surface area (Å²) in [5.74, 6) is -1.37. The van der Waals surface area contributed by atoms with Gasteiger partial charge in [0.15, 0.2) is 0 Å². The van der Waals surface area contributed by atoms with Crippen LogP contribution in [0, 0.1) is 11.6 Å². The Labute approximate surface area is 118 Å². The quantitative estimate of drug-likeness (QED) is 0.668. The van der Waals surface area contributed by atoms with E-state index in [-0.39, 0.29) is 16.5 Å². The molecule has 0 aromatic heterocycles. The molecule has 100 valence electrons. The lowest BCUT2D eigenvalue weighted by Gasteiger charge is -2.13. The molecule has 0 amide bonds. The maximum atomic E-state index is 13.8. The maximum absolute atomic E-state index is 13.8. The second-order valence-electron chi connectivity index (χ2n) is 4.21. The van der Waals surface area contributed by atoms with Crippen LogP contribution in [0.1, 0.15) is 17.2 Å². The maximum Gasteiger partial charge on any atom is 0.143 e. The van der Waals surface area contributed by atoms with Crippen LogP contribution in [0.5, 0.6) is 0 Å². The van der Waals surface area contributed by atoms with Gasteiger partial charge in [0.1, 0.15) is 11.6 Å². The molecule has 0 aliphatic heterocycles. The zero-order valence-corrected chi connectivity index (χ0v) is 11.5. The fraction of sp³-hybridized carbons (Fsp3) is 0.143. The van der Waals surface area contributed by atoms with Crippen LogP contribution >= 0.6 is 15.9 Å². The predicted octanol–water partition coefficient (Wildman–Crippen LogP) is 3.59. The first-order valence-corrected chi connectivity index (χ1v) is 6.44. The largest absolute Gasteiger partial charge is 0.399 e. The fourth-order valence-electron chi connectivity index (χ4n) is 1.83. The number of aliphatic hydroxyl groups is 1. The van der Waals surface area contributed by atoms with Gasteiger partial charge < -0.3 is 10.8 Å². The molecule has 2 rings (SSSR count). The fourth-order valence-corrected chi connectivity index (χ4v) is 2.21. The first-order chi connectivity index (χ1) is 8.99. The minimum absolute atomic E-state index is 0.149. The van der Waals surface area contributed by atoms with Gasteiger partial charge in [0.25, 0.3) is 0 Å². The van der Waals surface area contributed by atoms with Gasteiger partial charge in [0.05, 0.1) is 10.6 Å². The Kier molecular flexibility index (Phi) is 4.17. The van der Waals surface area contributed by atoms with E-state index in [1.807, 2.05) is 0 Å². The van der Waals surface area contributed by atoms with E-state index in [1.54, 1.807) is 24.3 Å². The lowest BCUT2D eigenvalue weighted by Crippen LogP contribution is -2.06. The number of hydrogen-bond acceptors (Lipinski definition) is 2. The molecular weight excluding hydrogens is 316 g/mol. The summed E-state index contributed by atoms with van der Waals surface area (Å²) < 4.78 is 27.6. The van der Waals surface area contributed by atoms with Gasteiger partial charge in [0.2, 0.25) is 0 Å². The van der Waals surface area contributed by atoms with Gasteiger partial charge in [-0.2, -0.15) is 0 Å². The zero-order valence-electron chi connectivity index (χ0n) is 9.91. The van der Waals surface area contributed by atoms with Gasteiger partial charge in [-0.1, -0.05) is 12.1 Å². The number of rotatable bonds is 3. The number of benzene rings is 2. The summed E-state index contributed by atoms with van der Waals surface area (Å²) in [6, 6.07) is 9.06. The summed E-state index contributed by atoms with van der Waals surface area (Å²) in [6.45, 7) is 0. The molecule has 0 spiro atoms. The lowest BCUT2D eigenvalue weighted by atomic mass is 10.0. The standard InChI is InChI=1S/C14H12BrF2NO/c15-11-4-5-12(16)10(14(11)17)7-13(19)8-2-1-3-9(18)6-8/h1-6,13,19H,7,18H2. The molecule has 19 heavy (non-hydrogen) atoms. The van der Waals surface area contributed by atoms with Crippen LogP contribution < -0.4 is 5.73 Å². The average molecular weight is 328 g/mol. The first kappa shape index (κ1) is 14.0. The van der Waals surface area contributed by atoms with Gasteiger partial charge >= 0.3 is 0 Å². The molecule has 0 saturated carbocycles.